The lowest BCUT2D eigenvalue weighted by Crippen LogP contribution is -2.24. The van der Waals surface area contributed by atoms with Crippen LogP contribution in [0, 0.1) is 11.3 Å². The summed E-state index contributed by atoms with van der Waals surface area (Å²) in [6.45, 7) is 0.227. The zero-order chi connectivity index (χ0) is 20.1. The number of ether oxygens (including phenoxy) is 2. The third-order valence-electron chi connectivity index (χ3n) is 3.86. The molecule has 3 rings (SSSR count). The van der Waals surface area contributed by atoms with E-state index >= 15 is 0 Å². The van der Waals surface area contributed by atoms with Crippen LogP contribution in [0.4, 0.5) is 18.9 Å². The molecule has 2 N–H and O–H groups in total. The molecule has 1 amide bonds. The van der Waals surface area contributed by atoms with Crippen molar-refractivity contribution >= 4 is 11.6 Å². The van der Waals surface area contributed by atoms with Gasteiger partial charge in [0, 0.05) is 12.7 Å². The van der Waals surface area contributed by atoms with Crippen molar-refractivity contribution in [3.05, 3.63) is 65.4 Å². The molecule has 0 unspecified atom stereocenters. The molecule has 0 saturated carbocycles. The summed E-state index contributed by atoms with van der Waals surface area (Å²) in [7, 11) is 0. The van der Waals surface area contributed by atoms with Gasteiger partial charge in [-0.1, -0.05) is 18.2 Å². The van der Waals surface area contributed by atoms with Gasteiger partial charge in [-0.2, -0.15) is 18.4 Å². The molecule has 0 saturated heterocycles. The number of alkyl halides is 3. The first-order valence-electron chi connectivity index (χ1n) is 8.08. The van der Waals surface area contributed by atoms with Crippen LogP contribution >= 0.6 is 0 Å². The summed E-state index contributed by atoms with van der Waals surface area (Å²) in [6, 6.07) is 11.6. The Morgan fingerprint density at radius 1 is 1.18 bits per heavy atom. The van der Waals surface area contributed by atoms with Crippen LogP contribution in [-0.2, 0) is 17.5 Å². The van der Waals surface area contributed by atoms with E-state index in [-0.39, 0.29) is 24.6 Å². The first-order valence-corrected chi connectivity index (χ1v) is 8.08. The molecular weight excluding hydrogens is 375 g/mol. The summed E-state index contributed by atoms with van der Waals surface area (Å²) < 4.78 is 49.4. The minimum Gasteiger partial charge on any atom is -0.454 e. The van der Waals surface area contributed by atoms with E-state index in [0.29, 0.717) is 17.1 Å². The van der Waals surface area contributed by atoms with E-state index in [2.05, 4.69) is 10.6 Å². The third-order valence-corrected chi connectivity index (χ3v) is 3.86. The Morgan fingerprint density at radius 2 is 1.93 bits per heavy atom. The zero-order valence-corrected chi connectivity index (χ0v) is 14.3. The van der Waals surface area contributed by atoms with Crippen LogP contribution in [0.3, 0.4) is 0 Å². The smallest absolute Gasteiger partial charge is 0.418 e. The molecule has 0 fully saturated rings. The van der Waals surface area contributed by atoms with Gasteiger partial charge in [-0.25, -0.2) is 0 Å². The second-order valence-corrected chi connectivity index (χ2v) is 5.73. The van der Waals surface area contributed by atoms with E-state index in [1.165, 1.54) is 18.2 Å². The molecule has 0 atom stereocenters. The summed E-state index contributed by atoms with van der Waals surface area (Å²) in [4.78, 5) is 12.2. The number of hydrogen-bond donors (Lipinski definition) is 2. The highest BCUT2D eigenvalue weighted by Crippen LogP contribution is 2.34. The molecule has 2 aromatic rings. The second-order valence-electron chi connectivity index (χ2n) is 5.73. The lowest BCUT2D eigenvalue weighted by atomic mass is 10.1. The van der Waals surface area contributed by atoms with Crippen LogP contribution < -0.4 is 20.1 Å². The van der Waals surface area contributed by atoms with Crippen molar-refractivity contribution in [1.29, 1.82) is 5.26 Å². The summed E-state index contributed by atoms with van der Waals surface area (Å²) >= 11 is 0. The maximum absolute atomic E-state index is 13.0. The van der Waals surface area contributed by atoms with Gasteiger partial charge in [0.2, 0.25) is 6.79 Å². The minimum absolute atomic E-state index is 0.105. The fourth-order valence-corrected chi connectivity index (χ4v) is 2.48. The summed E-state index contributed by atoms with van der Waals surface area (Å²) in [6.07, 6.45) is -3.62. The molecule has 1 heterocycles. The number of amides is 1. The number of benzene rings is 2. The van der Waals surface area contributed by atoms with Crippen molar-refractivity contribution in [2.45, 2.75) is 12.7 Å². The first kappa shape index (κ1) is 19.1. The molecule has 1 aliphatic rings. The van der Waals surface area contributed by atoms with Crippen molar-refractivity contribution in [3.8, 4) is 17.6 Å². The molecule has 2 aromatic carbocycles. The van der Waals surface area contributed by atoms with Crippen molar-refractivity contribution in [2.75, 3.05) is 12.1 Å². The number of carbonyl (C=O) groups is 1. The van der Waals surface area contributed by atoms with Gasteiger partial charge in [0.1, 0.15) is 11.6 Å². The summed E-state index contributed by atoms with van der Waals surface area (Å²) in [5.74, 6) is 0.422. The number of nitrogens with one attached hydrogen (secondary N) is 2. The van der Waals surface area contributed by atoms with Crippen molar-refractivity contribution in [1.82, 2.24) is 5.32 Å². The van der Waals surface area contributed by atoms with Crippen LogP contribution in [0.5, 0.6) is 11.5 Å². The Morgan fingerprint density at radius 3 is 2.68 bits per heavy atom. The monoisotopic (exact) mass is 389 g/mol. The average Bonchev–Trinajstić information content (AvgIpc) is 3.14. The minimum atomic E-state index is -4.56. The summed E-state index contributed by atoms with van der Waals surface area (Å²) in [5.41, 5.74) is -0.807. The number of nitrogens with zero attached hydrogens (tertiary/aromatic N) is 1. The first-order chi connectivity index (χ1) is 13.4. The number of anilines is 1. The van der Waals surface area contributed by atoms with Gasteiger partial charge in [-0.05, 0) is 29.8 Å². The second kappa shape index (κ2) is 7.92. The molecule has 0 aliphatic carbocycles. The van der Waals surface area contributed by atoms with Gasteiger partial charge in [-0.3, -0.25) is 4.79 Å². The van der Waals surface area contributed by atoms with Crippen LogP contribution in [0.2, 0.25) is 0 Å². The quantitative estimate of drug-likeness (QED) is 0.603. The molecule has 1 aliphatic heterocycles. The number of nitriles is 1. The largest absolute Gasteiger partial charge is 0.454 e. The molecule has 0 spiro atoms. The van der Waals surface area contributed by atoms with Gasteiger partial charge in [0.25, 0.3) is 5.91 Å². The van der Waals surface area contributed by atoms with Gasteiger partial charge in [0.15, 0.2) is 11.5 Å². The van der Waals surface area contributed by atoms with E-state index in [4.69, 9.17) is 14.7 Å². The Hall–Kier alpha value is -3.67. The highest BCUT2D eigenvalue weighted by molar-refractivity contribution is 5.97. The predicted molar refractivity (Wildman–Crippen MR) is 93.2 cm³/mol. The third kappa shape index (κ3) is 4.35. The number of hydrogen-bond acceptors (Lipinski definition) is 5. The van der Waals surface area contributed by atoms with E-state index in [0.717, 1.165) is 12.3 Å². The molecule has 0 bridgehead atoms. The fourth-order valence-electron chi connectivity index (χ4n) is 2.48. The number of rotatable bonds is 5. The highest BCUT2D eigenvalue weighted by Gasteiger charge is 2.33. The summed E-state index contributed by atoms with van der Waals surface area (Å²) in [5, 5.41) is 14.1. The molecule has 9 heteroatoms. The van der Waals surface area contributed by atoms with Crippen LogP contribution in [0.15, 0.2) is 54.2 Å². The van der Waals surface area contributed by atoms with Crippen molar-refractivity contribution in [3.63, 3.8) is 0 Å². The van der Waals surface area contributed by atoms with Crippen molar-refractivity contribution < 1.29 is 27.4 Å². The van der Waals surface area contributed by atoms with Gasteiger partial charge in [0.05, 0.1) is 11.3 Å². The topological polar surface area (TPSA) is 83.4 Å². The normalized spacial score (nSPS) is 13.0. The number of carbonyl (C=O) groups excluding carboxylic acids is 1. The van der Waals surface area contributed by atoms with E-state index in [1.807, 2.05) is 0 Å². The van der Waals surface area contributed by atoms with Gasteiger partial charge in [-0.15, -0.1) is 0 Å². The fraction of sp³-hybridized carbons (Fsp3) is 0.158. The van der Waals surface area contributed by atoms with Gasteiger partial charge >= 0.3 is 6.18 Å². The van der Waals surface area contributed by atoms with E-state index in [9.17, 15) is 18.0 Å². The van der Waals surface area contributed by atoms with Crippen LogP contribution in [0.25, 0.3) is 0 Å². The zero-order valence-electron chi connectivity index (χ0n) is 14.3. The van der Waals surface area contributed by atoms with Gasteiger partial charge < -0.3 is 20.1 Å². The maximum Gasteiger partial charge on any atom is 0.418 e. The van der Waals surface area contributed by atoms with E-state index < -0.39 is 17.6 Å². The Balaban J connectivity index is 1.66. The number of para-hydroxylation sites is 1. The molecule has 28 heavy (non-hydrogen) atoms. The average molecular weight is 389 g/mol. The SMILES string of the molecule is N#C/C(=C/Nc1ccccc1C(F)(F)F)C(=O)NCc1ccc2c(c1)OCO2. The molecular formula is C19H14F3N3O3. The molecule has 0 radical (unpaired) electrons. The number of halogens is 3. The predicted octanol–water partition coefficient (Wildman–Crippen LogP) is 3.57. The molecule has 144 valence electrons. The maximum atomic E-state index is 13.0. The highest BCUT2D eigenvalue weighted by atomic mass is 19.4. The Kier molecular flexibility index (Phi) is 5.40. The van der Waals surface area contributed by atoms with Crippen LogP contribution in [-0.4, -0.2) is 12.7 Å². The number of fused-ring (bicyclic) bond motifs is 1. The standard InChI is InChI=1S/C19H14F3N3O3/c20-19(21,22)14-3-1-2-4-15(14)24-10-13(8-23)18(26)25-9-12-5-6-16-17(7-12)28-11-27-16/h1-7,10,24H,9,11H2,(H,25,26)/b13-10-. The Labute approximate surface area is 158 Å². The van der Waals surface area contributed by atoms with Crippen molar-refractivity contribution in [2.24, 2.45) is 0 Å². The van der Waals surface area contributed by atoms with E-state index in [1.54, 1.807) is 24.3 Å². The molecule has 6 nitrogen and oxygen atoms in total. The Bertz CT molecular complexity index is 965. The van der Waals surface area contributed by atoms with Crippen LogP contribution in [0.1, 0.15) is 11.1 Å². The lowest BCUT2D eigenvalue weighted by Gasteiger charge is -2.12. The lowest BCUT2D eigenvalue weighted by molar-refractivity contribution is -0.136. The molecule has 0 aromatic heterocycles.